The highest BCUT2D eigenvalue weighted by Crippen LogP contribution is 2.32. The van der Waals surface area contributed by atoms with E-state index in [0.29, 0.717) is 10.9 Å². The number of fused-ring (bicyclic) bond motifs is 1. The molecule has 1 atom stereocenters. The number of nitrogens with one attached hydrogen (secondary N) is 1. The first-order valence-electron chi connectivity index (χ1n) is 8.84. The molecule has 0 spiro atoms. The van der Waals surface area contributed by atoms with Gasteiger partial charge in [-0.1, -0.05) is 17.7 Å². The first-order chi connectivity index (χ1) is 13.1. The maximum atomic E-state index is 12.4. The third-order valence-electron chi connectivity index (χ3n) is 4.42. The molecule has 2 heterocycles. The fourth-order valence-corrected chi connectivity index (χ4v) is 3.61. The number of carbonyl (C=O) groups excluding carboxylic acids is 1. The number of nitrogens with zero attached hydrogens (tertiary/aromatic N) is 1. The van der Waals surface area contributed by atoms with Gasteiger partial charge in [0.1, 0.15) is 11.5 Å². The lowest BCUT2D eigenvalue weighted by atomic mass is 10.1. The van der Waals surface area contributed by atoms with Gasteiger partial charge in [0, 0.05) is 17.4 Å². The number of aryl methyl sites for hydroxylation is 1. The van der Waals surface area contributed by atoms with E-state index in [1.54, 1.807) is 6.92 Å². The van der Waals surface area contributed by atoms with Gasteiger partial charge in [-0.2, -0.15) is 0 Å². The molecule has 27 heavy (non-hydrogen) atoms. The SMILES string of the molecule is Cc1ccc(O[C@@H](C)C(=O)Nc2nc(-c3ccc4c(c3)CCO4)cs2)cc1. The quantitative estimate of drug-likeness (QED) is 0.710. The molecular formula is C21H20N2O3S. The van der Waals surface area contributed by atoms with Crippen molar-refractivity contribution in [2.75, 3.05) is 11.9 Å². The first kappa shape index (κ1) is 17.5. The largest absolute Gasteiger partial charge is 0.493 e. The Morgan fingerprint density at radius 1 is 1.26 bits per heavy atom. The molecule has 0 bridgehead atoms. The Labute approximate surface area is 162 Å². The number of hydrogen-bond donors (Lipinski definition) is 1. The average molecular weight is 380 g/mol. The van der Waals surface area contributed by atoms with Gasteiger partial charge in [-0.3, -0.25) is 10.1 Å². The zero-order chi connectivity index (χ0) is 18.8. The predicted molar refractivity (Wildman–Crippen MR) is 107 cm³/mol. The van der Waals surface area contributed by atoms with Crippen LogP contribution in [0.3, 0.4) is 0 Å². The lowest BCUT2D eigenvalue weighted by molar-refractivity contribution is -0.122. The Balaban J connectivity index is 1.41. The predicted octanol–water partition coefficient (Wildman–Crippen LogP) is 4.46. The number of ether oxygens (including phenoxy) is 2. The van der Waals surface area contributed by atoms with E-state index in [4.69, 9.17) is 9.47 Å². The normalized spacial score (nSPS) is 13.6. The molecule has 1 amide bonds. The second-order valence-corrected chi connectivity index (χ2v) is 7.38. The molecule has 1 aliphatic heterocycles. The van der Waals surface area contributed by atoms with Crippen molar-refractivity contribution in [2.24, 2.45) is 0 Å². The summed E-state index contributed by atoms with van der Waals surface area (Å²) in [7, 11) is 0. The van der Waals surface area contributed by atoms with Crippen molar-refractivity contribution >= 4 is 22.4 Å². The van der Waals surface area contributed by atoms with Gasteiger partial charge in [-0.15, -0.1) is 11.3 Å². The summed E-state index contributed by atoms with van der Waals surface area (Å²) >= 11 is 1.40. The summed E-state index contributed by atoms with van der Waals surface area (Å²) in [4.78, 5) is 16.9. The van der Waals surface area contributed by atoms with Crippen LogP contribution in [0.15, 0.2) is 47.8 Å². The number of amides is 1. The summed E-state index contributed by atoms with van der Waals surface area (Å²) in [6.07, 6.45) is 0.308. The van der Waals surface area contributed by atoms with E-state index in [-0.39, 0.29) is 5.91 Å². The van der Waals surface area contributed by atoms with E-state index in [2.05, 4.69) is 16.4 Å². The smallest absolute Gasteiger partial charge is 0.266 e. The van der Waals surface area contributed by atoms with Crippen molar-refractivity contribution in [3.8, 4) is 22.8 Å². The maximum Gasteiger partial charge on any atom is 0.266 e. The molecule has 1 aliphatic rings. The van der Waals surface area contributed by atoms with E-state index in [1.165, 1.54) is 16.9 Å². The van der Waals surface area contributed by atoms with Crippen LogP contribution in [0.5, 0.6) is 11.5 Å². The highest BCUT2D eigenvalue weighted by molar-refractivity contribution is 7.14. The minimum absolute atomic E-state index is 0.223. The molecule has 3 aromatic rings. The molecule has 5 nitrogen and oxygen atoms in total. The van der Waals surface area contributed by atoms with E-state index in [9.17, 15) is 4.79 Å². The third kappa shape index (κ3) is 3.95. The topological polar surface area (TPSA) is 60.5 Å². The maximum absolute atomic E-state index is 12.4. The molecule has 0 unspecified atom stereocenters. The van der Waals surface area contributed by atoms with Crippen LogP contribution in [0.25, 0.3) is 11.3 Å². The zero-order valence-corrected chi connectivity index (χ0v) is 16.0. The molecule has 0 saturated carbocycles. The second-order valence-electron chi connectivity index (χ2n) is 6.52. The van der Waals surface area contributed by atoms with Crippen molar-refractivity contribution in [1.29, 1.82) is 0 Å². The summed E-state index contributed by atoms with van der Waals surface area (Å²) < 4.78 is 11.2. The van der Waals surface area contributed by atoms with E-state index < -0.39 is 6.10 Å². The minimum atomic E-state index is -0.614. The summed E-state index contributed by atoms with van der Waals surface area (Å²) in [6.45, 7) is 4.47. The first-order valence-corrected chi connectivity index (χ1v) is 9.72. The summed E-state index contributed by atoms with van der Waals surface area (Å²) in [5.41, 5.74) is 4.22. The molecule has 2 aromatic carbocycles. The highest BCUT2D eigenvalue weighted by Gasteiger charge is 2.18. The monoisotopic (exact) mass is 380 g/mol. The summed E-state index contributed by atoms with van der Waals surface area (Å²) in [5.74, 6) is 1.40. The van der Waals surface area contributed by atoms with Crippen LogP contribution in [0.4, 0.5) is 5.13 Å². The van der Waals surface area contributed by atoms with Crippen molar-refractivity contribution in [2.45, 2.75) is 26.4 Å². The summed E-state index contributed by atoms with van der Waals surface area (Å²) in [6, 6.07) is 13.7. The van der Waals surface area contributed by atoms with Gasteiger partial charge in [0.25, 0.3) is 5.91 Å². The van der Waals surface area contributed by atoms with Crippen LogP contribution in [0.1, 0.15) is 18.1 Å². The summed E-state index contributed by atoms with van der Waals surface area (Å²) in [5, 5.41) is 5.34. The van der Waals surface area contributed by atoms with Crippen LogP contribution in [-0.2, 0) is 11.2 Å². The molecule has 0 fully saturated rings. The number of rotatable bonds is 5. The Kier molecular flexibility index (Phi) is 4.81. The minimum Gasteiger partial charge on any atom is -0.493 e. The number of benzene rings is 2. The second kappa shape index (κ2) is 7.40. The van der Waals surface area contributed by atoms with E-state index in [0.717, 1.165) is 35.6 Å². The van der Waals surface area contributed by atoms with Crippen molar-refractivity contribution in [3.63, 3.8) is 0 Å². The van der Waals surface area contributed by atoms with Gasteiger partial charge in [0.05, 0.1) is 12.3 Å². The molecule has 6 heteroatoms. The van der Waals surface area contributed by atoms with Gasteiger partial charge in [0.2, 0.25) is 0 Å². The van der Waals surface area contributed by atoms with Crippen molar-refractivity contribution < 1.29 is 14.3 Å². The van der Waals surface area contributed by atoms with Gasteiger partial charge in [0.15, 0.2) is 11.2 Å². The molecule has 0 radical (unpaired) electrons. The molecule has 0 aliphatic carbocycles. The number of aromatic nitrogens is 1. The van der Waals surface area contributed by atoms with Crippen LogP contribution in [-0.4, -0.2) is 23.6 Å². The van der Waals surface area contributed by atoms with Gasteiger partial charge >= 0.3 is 0 Å². The standard InChI is InChI=1S/C21H20N2O3S/c1-13-3-6-17(7-4-13)26-14(2)20(24)23-21-22-18(12-27-21)15-5-8-19-16(11-15)9-10-25-19/h3-8,11-12,14H,9-10H2,1-2H3,(H,22,23,24)/t14-/m0/s1. The molecular weight excluding hydrogens is 360 g/mol. The Bertz CT molecular complexity index is 966. The van der Waals surface area contributed by atoms with Crippen LogP contribution < -0.4 is 14.8 Å². The van der Waals surface area contributed by atoms with Gasteiger partial charge in [-0.25, -0.2) is 4.98 Å². The number of hydrogen-bond acceptors (Lipinski definition) is 5. The average Bonchev–Trinajstić information content (AvgIpc) is 3.32. The van der Waals surface area contributed by atoms with Gasteiger partial charge in [-0.05, 0) is 49.7 Å². The molecule has 0 saturated heterocycles. The zero-order valence-electron chi connectivity index (χ0n) is 15.2. The fourth-order valence-electron chi connectivity index (χ4n) is 2.89. The molecule has 1 aromatic heterocycles. The number of anilines is 1. The van der Waals surface area contributed by atoms with Crippen molar-refractivity contribution in [1.82, 2.24) is 4.98 Å². The van der Waals surface area contributed by atoms with E-state index >= 15 is 0 Å². The van der Waals surface area contributed by atoms with Crippen LogP contribution in [0.2, 0.25) is 0 Å². The van der Waals surface area contributed by atoms with Gasteiger partial charge < -0.3 is 9.47 Å². The third-order valence-corrected chi connectivity index (χ3v) is 5.18. The fraction of sp³-hybridized carbons (Fsp3) is 0.238. The lowest BCUT2D eigenvalue weighted by Crippen LogP contribution is -2.30. The van der Waals surface area contributed by atoms with Crippen molar-refractivity contribution in [3.05, 3.63) is 59.0 Å². The number of thiazole rings is 1. The highest BCUT2D eigenvalue weighted by atomic mass is 32.1. The molecule has 4 rings (SSSR count). The van der Waals surface area contributed by atoms with E-state index in [1.807, 2.05) is 48.7 Å². The van der Waals surface area contributed by atoms with Crippen LogP contribution in [0, 0.1) is 6.92 Å². The lowest BCUT2D eigenvalue weighted by Gasteiger charge is -2.13. The van der Waals surface area contributed by atoms with Crippen LogP contribution >= 0.6 is 11.3 Å². The molecule has 138 valence electrons. The Hall–Kier alpha value is -2.86. The Morgan fingerprint density at radius 2 is 2.07 bits per heavy atom. The Morgan fingerprint density at radius 3 is 2.89 bits per heavy atom. The number of carbonyl (C=O) groups is 1. The molecule has 1 N–H and O–H groups in total.